The van der Waals surface area contributed by atoms with Gasteiger partial charge in [-0.2, -0.15) is 0 Å². The zero-order chi connectivity index (χ0) is 18.8. The summed E-state index contributed by atoms with van der Waals surface area (Å²) in [7, 11) is 0. The number of carbonyl (C=O) groups excluding carboxylic acids is 1. The van der Waals surface area contributed by atoms with Crippen molar-refractivity contribution in [3.05, 3.63) is 57.1 Å². The van der Waals surface area contributed by atoms with Gasteiger partial charge in [0.25, 0.3) is 11.6 Å². The molecule has 2 aromatic carbocycles. The lowest BCUT2D eigenvalue weighted by Crippen LogP contribution is -2.20. The van der Waals surface area contributed by atoms with E-state index in [1.165, 1.54) is 23.5 Å². The van der Waals surface area contributed by atoms with Crippen LogP contribution in [0.2, 0.25) is 0 Å². The summed E-state index contributed by atoms with van der Waals surface area (Å²) in [6, 6.07) is 8.35. The largest absolute Gasteiger partial charge is 0.483 e. The van der Waals surface area contributed by atoms with Gasteiger partial charge in [-0.05, 0) is 49.6 Å². The van der Waals surface area contributed by atoms with Crippen LogP contribution in [-0.2, 0) is 4.79 Å². The molecule has 0 fully saturated rings. The van der Waals surface area contributed by atoms with Crippen molar-refractivity contribution in [1.82, 2.24) is 4.98 Å². The van der Waals surface area contributed by atoms with Gasteiger partial charge in [-0.25, -0.2) is 4.98 Å². The minimum Gasteiger partial charge on any atom is -0.483 e. The predicted molar refractivity (Wildman–Crippen MR) is 101 cm³/mol. The molecule has 0 aliphatic heterocycles. The van der Waals surface area contributed by atoms with E-state index in [0.717, 1.165) is 16.7 Å². The van der Waals surface area contributed by atoms with Gasteiger partial charge in [0.2, 0.25) is 0 Å². The summed E-state index contributed by atoms with van der Waals surface area (Å²) in [6.45, 7) is 5.78. The molecule has 1 N–H and O–H groups in total. The predicted octanol–water partition coefficient (Wildman–Crippen LogP) is 4.15. The van der Waals surface area contributed by atoms with E-state index in [-0.39, 0.29) is 18.2 Å². The summed E-state index contributed by atoms with van der Waals surface area (Å²) < 4.78 is 6.27. The molecule has 1 amide bonds. The van der Waals surface area contributed by atoms with Crippen LogP contribution in [0.5, 0.6) is 5.75 Å². The van der Waals surface area contributed by atoms with Crippen LogP contribution in [0.3, 0.4) is 0 Å². The Balaban J connectivity index is 1.68. The second-order valence-electron chi connectivity index (χ2n) is 5.97. The number of non-ortho nitro benzene ring substituents is 1. The number of thiazole rings is 1. The maximum Gasteiger partial charge on any atom is 0.270 e. The quantitative estimate of drug-likeness (QED) is 0.537. The van der Waals surface area contributed by atoms with Crippen LogP contribution in [0.15, 0.2) is 30.3 Å². The zero-order valence-electron chi connectivity index (χ0n) is 14.5. The molecule has 1 aromatic heterocycles. The number of aryl methyl sites for hydroxylation is 2. The Hall–Kier alpha value is -3.00. The Labute approximate surface area is 153 Å². The van der Waals surface area contributed by atoms with Crippen LogP contribution in [-0.4, -0.2) is 22.4 Å². The molecule has 3 rings (SSSR count). The number of nitrogens with zero attached hydrogens (tertiary/aromatic N) is 2. The minimum atomic E-state index is -0.461. The molecule has 0 spiro atoms. The van der Waals surface area contributed by atoms with Gasteiger partial charge in [0.15, 0.2) is 11.7 Å². The third-order valence-electron chi connectivity index (χ3n) is 3.95. The monoisotopic (exact) mass is 371 g/mol. The molecule has 0 bridgehead atoms. The number of nitro groups is 1. The topological polar surface area (TPSA) is 94.4 Å². The molecule has 1 heterocycles. The van der Waals surface area contributed by atoms with Crippen molar-refractivity contribution in [2.24, 2.45) is 0 Å². The summed E-state index contributed by atoms with van der Waals surface area (Å²) in [5.41, 5.74) is 3.76. The van der Waals surface area contributed by atoms with Crippen LogP contribution in [0.4, 0.5) is 10.8 Å². The van der Waals surface area contributed by atoms with E-state index >= 15 is 0 Å². The number of nitrogens with one attached hydrogen (secondary N) is 1. The van der Waals surface area contributed by atoms with Crippen LogP contribution in [0, 0.1) is 30.9 Å². The van der Waals surface area contributed by atoms with E-state index in [4.69, 9.17) is 4.74 Å². The lowest BCUT2D eigenvalue weighted by atomic mass is 10.1. The van der Waals surface area contributed by atoms with Crippen LogP contribution in [0.1, 0.15) is 16.7 Å². The van der Waals surface area contributed by atoms with E-state index in [9.17, 15) is 14.9 Å². The minimum absolute atomic E-state index is 0.00680. The van der Waals surface area contributed by atoms with Crippen molar-refractivity contribution in [3.63, 3.8) is 0 Å². The first-order valence-electron chi connectivity index (χ1n) is 7.89. The van der Waals surface area contributed by atoms with E-state index in [1.807, 2.05) is 26.8 Å². The highest BCUT2D eigenvalue weighted by molar-refractivity contribution is 7.22. The number of hydrogen-bond acceptors (Lipinski definition) is 6. The highest BCUT2D eigenvalue weighted by atomic mass is 32.1. The molecule has 7 nitrogen and oxygen atoms in total. The number of ether oxygens (including phenoxy) is 1. The number of amides is 1. The number of anilines is 1. The number of aromatic nitrogens is 1. The Kier molecular flexibility index (Phi) is 4.85. The number of benzene rings is 2. The Morgan fingerprint density at radius 1 is 1.27 bits per heavy atom. The second-order valence-corrected chi connectivity index (χ2v) is 7.00. The first-order chi connectivity index (χ1) is 12.3. The molecule has 0 saturated heterocycles. The van der Waals surface area contributed by atoms with E-state index in [2.05, 4.69) is 16.4 Å². The summed E-state index contributed by atoms with van der Waals surface area (Å²) in [6.07, 6.45) is 0. The van der Waals surface area contributed by atoms with Gasteiger partial charge in [0, 0.05) is 12.1 Å². The molecule has 26 heavy (non-hydrogen) atoms. The van der Waals surface area contributed by atoms with E-state index < -0.39 is 4.92 Å². The van der Waals surface area contributed by atoms with Crippen molar-refractivity contribution in [1.29, 1.82) is 0 Å². The van der Waals surface area contributed by atoms with Gasteiger partial charge in [0.05, 0.1) is 15.1 Å². The molecule has 8 heteroatoms. The van der Waals surface area contributed by atoms with Crippen molar-refractivity contribution >= 4 is 38.3 Å². The Morgan fingerprint density at radius 2 is 2.04 bits per heavy atom. The van der Waals surface area contributed by atoms with Gasteiger partial charge < -0.3 is 4.74 Å². The number of fused-ring (bicyclic) bond motifs is 1. The van der Waals surface area contributed by atoms with E-state index in [1.54, 1.807) is 6.07 Å². The number of rotatable bonds is 5. The van der Waals surface area contributed by atoms with Crippen molar-refractivity contribution in [2.75, 3.05) is 11.9 Å². The van der Waals surface area contributed by atoms with Crippen molar-refractivity contribution in [3.8, 4) is 5.75 Å². The van der Waals surface area contributed by atoms with Crippen LogP contribution >= 0.6 is 11.3 Å². The Morgan fingerprint density at radius 3 is 2.77 bits per heavy atom. The molecule has 0 saturated carbocycles. The van der Waals surface area contributed by atoms with E-state index in [0.29, 0.717) is 21.1 Å². The SMILES string of the molecule is Cc1cc(C)c(C)c(OCC(=O)Nc2nc3ccc([N+](=O)[O-])cc3s2)c1. The van der Waals surface area contributed by atoms with Crippen molar-refractivity contribution < 1.29 is 14.5 Å². The number of hydrogen-bond donors (Lipinski definition) is 1. The zero-order valence-corrected chi connectivity index (χ0v) is 15.3. The molecule has 0 radical (unpaired) electrons. The van der Waals surface area contributed by atoms with Crippen molar-refractivity contribution in [2.45, 2.75) is 20.8 Å². The molecule has 0 atom stereocenters. The van der Waals surface area contributed by atoms with Gasteiger partial charge in [-0.15, -0.1) is 0 Å². The highest BCUT2D eigenvalue weighted by Gasteiger charge is 2.13. The second kappa shape index (κ2) is 7.09. The molecular formula is C18H17N3O4S. The van der Waals surface area contributed by atoms with Gasteiger partial charge in [0.1, 0.15) is 5.75 Å². The first kappa shape index (κ1) is 17.8. The molecule has 0 aliphatic carbocycles. The summed E-state index contributed by atoms with van der Waals surface area (Å²) in [4.78, 5) is 26.8. The van der Waals surface area contributed by atoms with Crippen LogP contribution in [0.25, 0.3) is 10.2 Å². The highest BCUT2D eigenvalue weighted by Crippen LogP contribution is 2.29. The maximum atomic E-state index is 12.1. The summed E-state index contributed by atoms with van der Waals surface area (Å²) in [5.74, 6) is 0.342. The maximum absolute atomic E-state index is 12.1. The summed E-state index contributed by atoms with van der Waals surface area (Å²) in [5, 5.41) is 13.9. The first-order valence-corrected chi connectivity index (χ1v) is 8.70. The van der Waals surface area contributed by atoms with Gasteiger partial charge in [-0.1, -0.05) is 17.4 Å². The number of carbonyl (C=O) groups is 1. The lowest BCUT2D eigenvalue weighted by Gasteiger charge is -2.11. The lowest BCUT2D eigenvalue weighted by molar-refractivity contribution is -0.384. The molecule has 134 valence electrons. The van der Waals surface area contributed by atoms with Crippen LogP contribution < -0.4 is 10.1 Å². The normalized spacial score (nSPS) is 10.7. The average Bonchev–Trinajstić information content (AvgIpc) is 2.97. The molecule has 3 aromatic rings. The fourth-order valence-electron chi connectivity index (χ4n) is 2.53. The van der Waals surface area contributed by atoms with Gasteiger partial charge in [-0.3, -0.25) is 20.2 Å². The fourth-order valence-corrected chi connectivity index (χ4v) is 3.44. The third kappa shape index (κ3) is 3.80. The molecular weight excluding hydrogens is 354 g/mol. The number of nitro benzene ring substituents is 1. The summed E-state index contributed by atoms with van der Waals surface area (Å²) >= 11 is 1.18. The molecule has 0 aliphatic rings. The third-order valence-corrected chi connectivity index (χ3v) is 4.89. The average molecular weight is 371 g/mol. The smallest absolute Gasteiger partial charge is 0.270 e. The standard InChI is InChI=1S/C18H17N3O4S/c1-10-6-11(2)12(3)15(7-10)25-9-17(22)20-18-19-14-5-4-13(21(23)24)8-16(14)26-18/h4-8H,9H2,1-3H3,(H,19,20,22). The van der Waals surface area contributed by atoms with Gasteiger partial charge >= 0.3 is 0 Å². The molecule has 0 unspecified atom stereocenters. The Bertz CT molecular complexity index is 1010. The fraction of sp³-hybridized carbons (Fsp3) is 0.222.